The van der Waals surface area contributed by atoms with E-state index in [0.29, 0.717) is 29.3 Å². The van der Waals surface area contributed by atoms with Gasteiger partial charge in [0.1, 0.15) is 0 Å². The minimum absolute atomic E-state index is 0.139. The normalized spacial score (nSPS) is 10.8. The standard InChI is InChI=1S/C14H13N5O/c1-3-4-11-9(2)16-14-17-12(18-19(14)13(11)20)10-5-7-15-8-6-10/h3,5-8H,1,4H2,2H3,(H,16,17,18). The first-order valence-corrected chi connectivity index (χ1v) is 6.20. The Hall–Kier alpha value is -2.76. The van der Waals surface area contributed by atoms with E-state index in [9.17, 15) is 4.79 Å². The van der Waals surface area contributed by atoms with Crippen LogP contribution in [0.15, 0.2) is 42.0 Å². The lowest BCUT2D eigenvalue weighted by Crippen LogP contribution is -2.21. The zero-order chi connectivity index (χ0) is 14.1. The lowest BCUT2D eigenvalue weighted by Gasteiger charge is -2.00. The van der Waals surface area contributed by atoms with Gasteiger partial charge in [-0.3, -0.25) is 14.9 Å². The van der Waals surface area contributed by atoms with Crippen LogP contribution >= 0.6 is 0 Å². The first-order chi connectivity index (χ1) is 9.70. The van der Waals surface area contributed by atoms with Crippen molar-refractivity contribution in [3.8, 4) is 11.4 Å². The number of nitrogens with zero attached hydrogens (tertiary/aromatic N) is 4. The molecule has 3 rings (SSSR count). The molecule has 0 fully saturated rings. The third kappa shape index (κ3) is 1.91. The summed E-state index contributed by atoms with van der Waals surface area (Å²) in [5.74, 6) is 0.958. The average Bonchev–Trinajstić information content (AvgIpc) is 2.88. The number of aryl methyl sites for hydroxylation is 1. The van der Waals surface area contributed by atoms with Gasteiger partial charge in [0, 0.05) is 23.5 Å². The van der Waals surface area contributed by atoms with E-state index in [-0.39, 0.29) is 5.56 Å². The summed E-state index contributed by atoms with van der Waals surface area (Å²) in [6.45, 7) is 5.47. The average molecular weight is 267 g/mol. The Morgan fingerprint density at radius 1 is 1.35 bits per heavy atom. The van der Waals surface area contributed by atoms with Crippen LogP contribution in [0.3, 0.4) is 0 Å². The number of nitrogens with one attached hydrogen (secondary N) is 1. The molecule has 0 aliphatic carbocycles. The fourth-order valence-electron chi connectivity index (χ4n) is 2.07. The maximum Gasteiger partial charge on any atom is 0.277 e. The van der Waals surface area contributed by atoms with Crippen molar-refractivity contribution in [1.29, 1.82) is 0 Å². The number of fused-ring (bicyclic) bond motifs is 1. The highest BCUT2D eigenvalue weighted by Gasteiger charge is 2.12. The lowest BCUT2D eigenvalue weighted by atomic mass is 10.2. The summed E-state index contributed by atoms with van der Waals surface area (Å²) in [6.07, 6.45) is 5.53. The van der Waals surface area contributed by atoms with Crippen molar-refractivity contribution in [1.82, 2.24) is 24.6 Å². The second-order valence-corrected chi connectivity index (χ2v) is 4.42. The van der Waals surface area contributed by atoms with E-state index in [1.807, 2.05) is 12.1 Å². The van der Waals surface area contributed by atoms with Crippen LogP contribution in [0.4, 0.5) is 0 Å². The Labute approximate surface area is 114 Å². The third-order valence-electron chi connectivity index (χ3n) is 3.10. The molecule has 0 aliphatic heterocycles. The zero-order valence-electron chi connectivity index (χ0n) is 11.0. The molecule has 0 saturated carbocycles. The highest BCUT2D eigenvalue weighted by atomic mass is 16.1. The quantitative estimate of drug-likeness (QED) is 0.730. The van der Waals surface area contributed by atoms with Crippen molar-refractivity contribution in [2.24, 2.45) is 0 Å². The summed E-state index contributed by atoms with van der Waals surface area (Å²) in [4.78, 5) is 25.0. The SMILES string of the molecule is C=CCc1c(C)nc2nc(-c3ccncc3)[nH]n2c1=O. The number of hydrogen-bond acceptors (Lipinski definition) is 4. The van der Waals surface area contributed by atoms with Crippen molar-refractivity contribution in [3.05, 3.63) is 58.8 Å². The Morgan fingerprint density at radius 3 is 2.80 bits per heavy atom. The fraction of sp³-hybridized carbons (Fsp3) is 0.143. The first kappa shape index (κ1) is 12.3. The van der Waals surface area contributed by atoms with Crippen molar-refractivity contribution < 1.29 is 0 Å². The van der Waals surface area contributed by atoms with Gasteiger partial charge in [-0.1, -0.05) is 6.08 Å². The summed E-state index contributed by atoms with van der Waals surface area (Å²) in [5, 5.41) is 2.97. The number of pyridine rings is 1. The molecule has 0 bridgehead atoms. The molecule has 3 aromatic rings. The van der Waals surface area contributed by atoms with E-state index in [1.165, 1.54) is 4.52 Å². The van der Waals surface area contributed by atoms with Crippen LogP contribution in [0, 0.1) is 6.92 Å². The van der Waals surface area contributed by atoms with Crippen molar-refractivity contribution in [2.45, 2.75) is 13.3 Å². The largest absolute Gasteiger partial charge is 0.277 e. The van der Waals surface area contributed by atoms with E-state index in [4.69, 9.17) is 0 Å². The second-order valence-electron chi connectivity index (χ2n) is 4.42. The molecule has 3 aromatic heterocycles. The predicted octanol–water partition coefficient (Wildman–Crippen LogP) is 1.52. The molecule has 0 spiro atoms. The van der Waals surface area contributed by atoms with Gasteiger partial charge in [-0.05, 0) is 25.5 Å². The Bertz CT molecular complexity index is 832. The summed E-state index contributed by atoms with van der Waals surface area (Å²) in [5.41, 5.74) is 2.03. The van der Waals surface area contributed by atoms with Crippen LogP contribution in [0.2, 0.25) is 0 Å². The molecule has 0 amide bonds. The molecule has 0 aromatic carbocycles. The third-order valence-corrected chi connectivity index (χ3v) is 3.10. The summed E-state index contributed by atoms with van der Waals surface area (Å²) in [7, 11) is 0. The zero-order valence-corrected chi connectivity index (χ0v) is 11.0. The molecule has 100 valence electrons. The molecule has 0 atom stereocenters. The first-order valence-electron chi connectivity index (χ1n) is 6.20. The summed E-state index contributed by atoms with van der Waals surface area (Å²) in [6, 6.07) is 3.64. The molecule has 6 heteroatoms. The number of allylic oxidation sites excluding steroid dienone is 1. The highest BCUT2D eigenvalue weighted by molar-refractivity contribution is 5.55. The topological polar surface area (TPSA) is 75.9 Å². The van der Waals surface area contributed by atoms with E-state index >= 15 is 0 Å². The van der Waals surface area contributed by atoms with Crippen LogP contribution in [-0.2, 0) is 6.42 Å². The Kier molecular flexibility index (Phi) is 2.90. The van der Waals surface area contributed by atoms with Gasteiger partial charge < -0.3 is 0 Å². The van der Waals surface area contributed by atoms with Gasteiger partial charge in [0.25, 0.3) is 11.3 Å². The van der Waals surface area contributed by atoms with Gasteiger partial charge in [-0.2, -0.15) is 9.50 Å². The molecule has 6 nitrogen and oxygen atoms in total. The second kappa shape index (κ2) is 4.73. The lowest BCUT2D eigenvalue weighted by molar-refractivity contribution is 0.864. The number of aromatic amines is 1. The van der Waals surface area contributed by atoms with E-state index in [1.54, 1.807) is 25.4 Å². The molecule has 0 radical (unpaired) electrons. The van der Waals surface area contributed by atoms with Crippen molar-refractivity contribution >= 4 is 5.78 Å². The van der Waals surface area contributed by atoms with Gasteiger partial charge in [0.2, 0.25) is 0 Å². The van der Waals surface area contributed by atoms with E-state index in [2.05, 4.69) is 26.6 Å². The van der Waals surface area contributed by atoms with E-state index < -0.39 is 0 Å². The molecule has 20 heavy (non-hydrogen) atoms. The molecular formula is C14H13N5O. The molecular weight excluding hydrogens is 254 g/mol. The Balaban J connectivity index is 2.24. The number of rotatable bonds is 3. The van der Waals surface area contributed by atoms with Gasteiger partial charge in [-0.15, -0.1) is 6.58 Å². The van der Waals surface area contributed by atoms with Gasteiger partial charge in [0.15, 0.2) is 5.82 Å². The molecule has 0 saturated heterocycles. The van der Waals surface area contributed by atoms with E-state index in [0.717, 1.165) is 5.56 Å². The molecule has 0 unspecified atom stereocenters. The van der Waals surface area contributed by atoms with Crippen molar-refractivity contribution in [2.75, 3.05) is 0 Å². The van der Waals surface area contributed by atoms with Crippen LogP contribution in [0.5, 0.6) is 0 Å². The Morgan fingerprint density at radius 2 is 2.10 bits per heavy atom. The van der Waals surface area contributed by atoms with Gasteiger partial charge in [0.05, 0.1) is 5.69 Å². The number of hydrogen-bond donors (Lipinski definition) is 1. The predicted molar refractivity (Wildman–Crippen MR) is 75.5 cm³/mol. The monoisotopic (exact) mass is 267 g/mol. The minimum Gasteiger partial charge on any atom is -0.271 e. The smallest absolute Gasteiger partial charge is 0.271 e. The van der Waals surface area contributed by atoms with Crippen LogP contribution in [-0.4, -0.2) is 24.6 Å². The number of H-pyrrole nitrogens is 1. The summed E-state index contributed by atoms with van der Waals surface area (Å²) >= 11 is 0. The van der Waals surface area contributed by atoms with Crippen LogP contribution in [0.25, 0.3) is 17.2 Å². The number of aromatic nitrogens is 5. The highest BCUT2D eigenvalue weighted by Crippen LogP contribution is 2.14. The van der Waals surface area contributed by atoms with Gasteiger partial charge >= 0.3 is 0 Å². The molecule has 0 aliphatic rings. The summed E-state index contributed by atoms with van der Waals surface area (Å²) < 4.78 is 1.36. The van der Waals surface area contributed by atoms with Crippen LogP contribution in [0.1, 0.15) is 11.3 Å². The van der Waals surface area contributed by atoms with Gasteiger partial charge in [-0.25, -0.2) is 4.98 Å². The minimum atomic E-state index is -0.139. The molecule has 3 heterocycles. The van der Waals surface area contributed by atoms with Crippen molar-refractivity contribution in [3.63, 3.8) is 0 Å². The maximum atomic E-state index is 12.4. The fourth-order valence-corrected chi connectivity index (χ4v) is 2.07. The van der Waals surface area contributed by atoms with Crippen LogP contribution < -0.4 is 5.56 Å². The molecule has 1 N–H and O–H groups in total. The maximum absolute atomic E-state index is 12.4.